The van der Waals surface area contributed by atoms with E-state index in [-0.39, 0.29) is 11.8 Å². The summed E-state index contributed by atoms with van der Waals surface area (Å²) in [5.41, 5.74) is 2.56. The van der Waals surface area contributed by atoms with Gasteiger partial charge in [-0.05, 0) is 19.9 Å². The molecule has 0 aromatic carbocycles. The van der Waals surface area contributed by atoms with Crippen LogP contribution in [0.3, 0.4) is 0 Å². The van der Waals surface area contributed by atoms with Crippen LogP contribution in [-0.2, 0) is 11.8 Å². The molecule has 0 aliphatic carbocycles. The standard InChI is InChI=1S/C20H27ClN6O/c1-13(2)20-22-14(3)12-17(23-20)26-8-10-27(11-9-26)18(28)7-6-16-15(4)24-25(5)19(16)21/h6-7,12-13H,8-11H2,1-5H3/b7-6+. The largest absolute Gasteiger partial charge is 0.353 e. The second-order valence-electron chi connectivity index (χ2n) is 7.44. The molecule has 28 heavy (non-hydrogen) atoms. The van der Waals surface area contributed by atoms with Crippen molar-refractivity contribution in [2.45, 2.75) is 33.6 Å². The second-order valence-corrected chi connectivity index (χ2v) is 7.80. The van der Waals surface area contributed by atoms with E-state index in [0.717, 1.165) is 41.7 Å². The molecule has 150 valence electrons. The first-order valence-electron chi connectivity index (χ1n) is 9.53. The van der Waals surface area contributed by atoms with Gasteiger partial charge in [-0.1, -0.05) is 25.4 Å². The van der Waals surface area contributed by atoms with Gasteiger partial charge in [-0.25, -0.2) is 9.97 Å². The molecule has 2 aromatic heterocycles. The molecule has 8 heteroatoms. The number of anilines is 1. The van der Waals surface area contributed by atoms with Crippen molar-refractivity contribution in [1.29, 1.82) is 0 Å². The predicted octanol–water partition coefficient (Wildman–Crippen LogP) is 2.97. The molecule has 3 heterocycles. The highest BCUT2D eigenvalue weighted by Crippen LogP contribution is 2.21. The van der Waals surface area contributed by atoms with Crippen LogP contribution in [0.5, 0.6) is 0 Å². The third kappa shape index (κ3) is 4.35. The first kappa shape index (κ1) is 20.3. The lowest BCUT2D eigenvalue weighted by Crippen LogP contribution is -2.48. The lowest BCUT2D eigenvalue weighted by molar-refractivity contribution is -0.126. The van der Waals surface area contributed by atoms with E-state index in [4.69, 9.17) is 16.6 Å². The fourth-order valence-corrected chi connectivity index (χ4v) is 3.48. The van der Waals surface area contributed by atoms with Crippen LogP contribution in [0.2, 0.25) is 5.15 Å². The van der Waals surface area contributed by atoms with E-state index < -0.39 is 0 Å². The molecule has 7 nitrogen and oxygen atoms in total. The van der Waals surface area contributed by atoms with Gasteiger partial charge in [-0.15, -0.1) is 0 Å². The van der Waals surface area contributed by atoms with E-state index in [1.807, 2.05) is 24.8 Å². The van der Waals surface area contributed by atoms with Crippen molar-refractivity contribution in [2.75, 3.05) is 31.1 Å². The maximum atomic E-state index is 12.6. The van der Waals surface area contributed by atoms with Crippen LogP contribution in [-0.4, -0.2) is 56.7 Å². The molecule has 1 aliphatic rings. The highest BCUT2D eigenvalue weighted by Gasteiger charge is 2.22. The monoisotopic (exact) mass is 402 g/mol. The summed E-state index contributed by atoms with van der Waals surface area (Å²) in [6.07, 6.45) is 3.33. The van der Waals surface area contributed by atoms with Crippen molar-refractivity contribution in [1.82, 2.24) is 24.6 Å². The Morgan fingerprint density at radius 3 is 2.43 bits per heavy atom. The van der Waals surface area contributed by atoms with Crippen LogP contribution < -0.4 is 4.90 Å². The third-order valence-corrected chi connectivity index (χ3v) is 5.33. The molecular formula is C20H27ClN6O. The normalized spacial score (nSPS) is 15.1. The molecule has 1 amide bonds. The predicted molar refractivity (Wildman–Crippen MR) is 112 cm³/mol. The van der Waals surface area contributed by atoms with Crippen LogP contribution in [0.1, 0.15) is 42.5 Å². The van der Waals surface area contributed by atoms with Gasteiger partial charge >= 0.3 is 0 Å². The summed E-state index contributed by atoms with van der Waals surface area (Å²) in [4.78, 5) is 25.8. The highest BCUT2D eigenvalue weighted by atomic mass is 35.5. The summed E-state index contributed by atoms with van der Waals surface area (Å²) < 4.78 is 1.61. The number of aromatic nitrogens is 4. The van der Waals surface area contributed by atoms with E-state index in [1.54, 1.807) is 23.9 Å². The van der Waals surface area contributed by atoms with Gasteiger partial charge in [-0.2, -0.15) is 5.10 Å². The number of amides is 1. The zero-order valence-electron chi connectivity index (χ0n) is 17.1. The van der Waals surface area contributed by atoms with E-state index >= 15 is 0 Å². The Morgan fingerprint density at radius 2 is 1.86 bits per heavy atom. The Kier molecular flexibility index (Phi) is 6.03. The molecule has 0 saturated carbocycles. The number of rotatable bonds is 4. The van der Waals surface area contributed by atoms with Gasteiger partial charge < -0.3 is 9.80 Å². The molecule has 0 N–H and O–H groups in total. The molecule has 1 fully saturated rings. The maximum absolute atomic E-state index is 12.6. The summed E-state index contributed by atoms with van der Waals surface area (Å²) in [6.45, 7) is 10.9. The summed E-state index contributed by atoms with van der Waals surface area (Å²) in [5.74, 6) is 2.08. The van der Waals surface area contributed by atoms with Gasteiger partial charge in [0.25, 0.3) is 0 Å². The molecule has 0 spiro atoms. The summed E-state index contributed by atoms with van der Waals surface area (Å²) in [6, 6.07) is 2.01. The maximum Gasteiger partial charge on any atom is 0.246 e. The van der Waals surface area contributed by atoms with Gasteiger partial charge in [0.2, 0.25) is 5.91 Å². The Balaban J connectivity index is 1.64. The fourth-order valence-electron chi connectivity index (χ4n) is 3.25. The molecule has 0 unspecified atom stereocenters. The van der Waals surface area contributed by atoms with Crippen LogP contribution in [0.4, 0.5) is 5.82 Å². The second kappa shape index (κ2) is 8.31. The average Bonchev–Trinajstić information content (AvgIpc) is 2.91. The molecule has 0 atom stereocenters. The number of halogens is 1. The van der Waals surface area contributed by atoms with Crippen molar-refractivity contribution in [3.05, 3.63) is 40.1 Å². The van der Waals surface area contributed by atoms with E-state index in [9.17, 15) is 4.79 Å². The van der Waals surface area contributed by atoms with Crippen LogP contribution in [0.15, 0.2) is 12.1 Å². The number of nitrogens with zero attached hydrogens (tertiary/aromatic N) is 6. The lowest BCUT2D eigenvalue weighted by Gasteiger charge is -2.35. The summed E-state index contributed by atoms with van der Waals surface area (Å²) in [5, 5.41) is 4.79. The molecular weight excluding hydrogens is 376 g/mol. The Labute approximate surface area is 171 Å². The van der Waals surface area contributed by atoms with Crippen molar-refractivity contribution >= 4 is 29.4 Å². The van der Waals surface area contributed by atoms with Crippen molar-refractivity contribution in [3.8, 4) is 0 Å². The number of hydrogen-bond acceptors (Lipinski definition) is 5. The van der Waals surface area contributed by atoms with Gasteiger partial charge in [0.05, 0.1) is 5.69 Å². The van der Waals surface area contributed by atoms with Crippen LogP contribution in [0.25, 0.3) is 6.08 Å². The van der Waals surface area contributed by atoms with Crippen molar-refractivity contribution in [3.63, 3.8) is 0 Å². The minimum absolute atomic E-state index is 0.0132. The van der Waals surface area contributed by atoms with Crippen molar-refractivity contribution < 1.29 is 4.79 Å². The third-order valence-electron chi connectivity index (χ3n) is 4.88. The van der Waals surface area contributed by atoms with Crippen LogP contribution >= 0.6 is 11.6 Å². The molecule has 0 bridgehead atoms. The summed E-state index contributed by atoms with van der Waals surface area (Å²) in [7, 11) is 1.78. The first-order valence-corrected chi connectivity index (χ1v) is 9.90. The first-order chi connectivity index (χ1) is 13.3. The van der Waals surface area contributed by atoms with Gasteiger partial charge in [0.15, 0.2) is 0 Å². The zero-order valence-corrected chi connectivity index (χ0v) is 17.9. The number of carbonyl (C=O) groups is 1. The summed E-state index contributed by atoms with van der Waals surface area (Å²) >= 11 is 6.22. The number of carbonyl (C=O) groups excluding carboxylic acids is 1. The highest BCUT2D eigenvalue weighted by molar-refractivity contribution is 6.31. The zero-order chi connectivity index (χ0) is 20.4. The van der Waals surface area contributed by atoms with E-state index in [2.05, 4.69) is 28.8 Å². The number of aryl methyl sites for hydroxylation is 3. The molecule has 1 saturated heterocycles. The van der Waals surface area contributed by atoms with Gasteiger partial charge in [-0.3, -0.25) is 9.48 Å². The topological polar surface area (TPSA) is 67.2 Å². The van der Waals surface area contributed by atoms with E-state index in [0.29, 0.717) is 18.2 Å². The average molecular weight is 403 g/mol. The quantitative estimate of drug-likeness (QED) is 0.735. The smallest absolute Gasteiger partial charge is 0.246 e. The molecule has 1 aliphatic heterocycles. The van der Waals surface area contributed by atoms with Crippen molar-refractivity contribution in [2.24, 2.45) is 7.05 Å². The number of hydrogen-bond donors (Lipinski definition) is 0. The van der Waals surface area contributed by atoms with Gasteiger partial charge in [0, 0.05) is 62.5 Å². The molecule has 0 radical (unpaired) electrons. The molecule has 2 aromatic rings. The SMILES string of the molecule is Cc1cc(N2CCN(C(=O)/C=C/c3c(C)nn(C)c3Cl)CC2)nc(C(C)C)n1. The Morgan fingerprint density at radius 1 is 1.18 bits per heavy atom. The Bertz CT molecular complexity index is 896. The van der Waals surface area contributed by atoms with Gasteiger partial charge in [0.1, 0.15) is 16.8 Å². The Hall–Kier alpha value is -2.41. The molecule has 3 rings (SSSR count). The van der Waals surface area contributed by atoms with Crippen LogP contribution in [0, 0.1) is 13.8 Å². The minimum atomic E-state index is -0.0132. The number of piperazine rings is 1. The minimum Gasteiger partial charge on any atom is -0.353 e. The lowest BCUT2D eigenvalue weighted by atomic mass is 10.2. The van der Waals surface area contributed by atoms with E-state index in [1.165, 1.54) is 0 Å². The fraction of sp³-hybridized carbons (Fsp3) is 0.500.